The van der Waals surface area contributed by atoms with Crippen molar-refractivity contribution in [1.82, 2.24) is 0 Å². The fourth-order valence-corrected chi connectivity index (χ4v) is 4.60. The number of Topliss-reactive ketones (excluding diaryl/α,β-unsaturated/α-hetero) is 1. The summed E-state index contributed by atoms with van der Waals surface area (Å²) in [5, 5.41) is 12.9. The molecule has 3 atom stereocenters. The molecule has 2 aliphatic carbocycles. The van der Waals surface area contributed by atoms with Crippen molar-refractivity contribution < 1.29 is 24.1 Å². The molecule has 0 radical (unpaired) electrons. The van der Waals surface area contributed by atoms with Crippen LogP contribution in [-0.2, 0) is 9.53 Å². The van der Waals surface area contributed by atoms with Gasteiger partial charge in [-0.05, 0) is 23.9 Å². The van der Waals surface area contributed by atoms with E-state index in [1.165, 1.54) is 7.11 Å². The molecule has 1 N–H and O–H groups in total. The molecule has 26 heavy (non-hydrogen) atoms. The predicted octanol–water partition coefficient (Wildman–Crippen LogP) is 2.99. The van der Waals surface area contributed by atoms with Gasteiger partial charge in [0.15, 0.2) is 5.78 Å². The zero-order valence-electron chi connectivity index (χ0n) is 14.5. The molecular formula is C21H20O5. The standard InChI is InChI=1S/C21H20O5/c1-24-17-11-14(22)13-7-4-10-21(19(13)20(17)23)25-15-8-2-5-12-6-3-9-16(26-21)18(12)15/h2-3,5-9,17,19-20,23H,4,10-11H2,1H3/t17-,19+,20-/m0/s1. The third kappa shape index (κ3) is 2.07. The van der Waals surface area contributed by atoms with Crippen molar-refractivity contribution >= 4 is 16.6 Å². The SMILES string of the molecule is CO[C@H]1CC(=O)C2=CCCC3(Oc4cccc5cccc(c45)O3)[C@H]2[C@H]1O. The van der Waals surface area contributed by atoms with Crippen molar-refractivity contribution in [2.45, 2.75) is 37.3 Å². The minimum atomic E-state index is -1.10. The summed E-state index contributed by atoms with van der Waals surface area (Å²) in [5.74, 6) is -0.227. The maximum Gasteiger partial charge on any atom is 0.261 e. The Morgan fingerprint density at radius 1 is 1.15 bits per heavy atom. The maximum absolute atomic E-state index is 12.6. The molecule has 1 saturated carbocycles. The van der Waals surface area contributed by atoms with E-state index in [2.05, 4.69) is 0 Å². The summed E-state index contributed by atoms with van der Waals surface area (Å²) in [6.07, 6.45) is 1.91. The number of ether oxygens (including phenoxy) is 3. The highest BCUT2D eigenvalue weighted by molar-refractivity contribution is 5.98. The first kappa shape index (κ1) is 15.9. The maximum atomic E-state index is 12.6. The van der Waals surface area contributed by atoms with Crippen LogP contribution in [0.2, 0.25) is 0 Å². The van der Waals surface area contributed by atoms with Crippen LogP contribution in [0, 0.1) is 5.92 Å². The van der Waals surface area contributed by atoms with Crippen molar-refractivity contribution in [3.05, 3.63) is 48.0 Å². The molecule has 1 fully saturated rings. The lowest BCUT2D eigenvalue weighted by Gasteiger charge is -2.50. The molecule has 0 aromatic heterocycles. The highest BCUT2D eigenvalue weighted by atomic mass is 16.7. The number of hydrogen-bond acceptors (Lipinski definition) is 5. The van der Waals surface area contributed by atoms with E-state index < -0.39 is 23.9 Å². The van der Waals surface area contributed by atoms with E-state index >= 15 is 0 Å². The lowest BCUT2D eigenvalue weighted by Crippen LogP contribution is -2.61. The van der Waals surface area contributed by atoms with Crippen LogP contribution in [0.15, 0.2) is 48.0 Å². The molecule has 2 aromatic carbocycles. The molecule has 5 rings (SSSR count). The second-order valence-corrected chi connectivity index (χ2v) is 7.19. The van der Waals surface area contributed by atoms with E-state index in [-0.39, 0.29) is 12.2 Å². The van der Waals surface area contributed by atoms with Crippen LogP contribution < -0.4 is 9.47 Å². The number of benzene rings is 2. The zero-order chi connectivity index (χ0) is 17.9. The van der Waals surface area contributed by atoms with Crippen LogP contribution in [0.3, 0.4) is 0 Å². The summed E-state index contributed by atoms with van der Waals surface area (Å²) in [6.45, 7) is 0. The van der Waals surface area contributed by atoms with Gasteiger partial charge in [0.2, 0.25) is 0 Å². The van der Waals surface area contributed by atoms with Gasteiger partial charge in [-0.15, -0.1) is 0 Å². The van der Waals surface area contributed by atoms with Gasteiger partial charge in [0.05, 0.1) is 23.5 Å². The second-order valence-electron chi connectivity index (χ2n) is 7.19. The Morgan fingerprint density at radius 2 is 1.85 bits per heavy atom. The summed E-state index contributed by atoms with van der Waals surface area (Å²) in [5.41, 5.74) is 0.601. The number of aliphatic hydroxyl groups excluding tert-OH is 1. The molecule has 3 aliphatic rings. The summed E-state index contributed by atoms with van der Waals surface area (Å²) >= 11 is 0. The number of carbonyl (C=O) groups excluding carboxylic acids is 1. The van der Waals surface area contributed by atoms with E-state index in [9.17, 15) is 9.90 Å². The number of aliphatic hydroxyl groups is 1. The molecule has 1 heterocycles. The number of fused-ring (bicyclic) bond motifs is 2. The number of ketones is 1. The third-order valence-electron chi connectivity index (χ3n) is 5.79. The van der Waals surface area contributed by atoms with Gasteiger partial charge in [-0.1, -0.05) is 30.3 Å². The van der Waals surface area contributed by atoms with E-state index in [1.54, 1.807) is 0 Å². The highest BCUT2D eigenvalue weighted by Gasteiger charge is 2.57. The van der Waals surface area contributed by atoms with Gasteiger partial charge in [-0.3, -0.25) is 4.79 Å². The fourth-order valence-electron chi connectivity index (χ4n) is 4.60. The number of methoxy groups -OCH3 is 1. The fraction of sp³-hybridized carbons (Fsp3) is 0.381. The van der Waals surface area contributed by atoms with Gasteiger partial charge >= 0.3 is 0 Å². The molecule has 0 saturated heterocycles. The van der Waals surface area contributed by atoms with Crippen molar-refractivity contribution in [3.63, 3.8) is 0 Å². The Hall–Kier alpha value is -2.37. The van der Waals surface area contributed by atoms with E-state index in [1.807, 2.05) is 42.5 Å². The minimum Gasteiger partial charge on any atom is -0.451 e. The van der Waals surface area contributed by atoms with E-state index in [4.69, 9.17) is 14.2 Å². The Kier molecular flexibility index (Phi) is 3.39. The Morgan fingerprint density at radius 3 is 2.50 bits per heavy atom. The van der Waals surface area contributed by atoms with E-state index in [0.717, 1.165) is 22.3 Å². The quantitative estimate of drug-likeness (QED) is 0.855. The molecule has 1 aliphatic heterocycles. The van der Waals surface area contributed by atoms with Crippen LogP contribution in [-0.4, -0.2) is 36.0 Å². The molecule has 0 amide bonds. The van der Waals surface area contributed by atoms with Crippen LogP contribution in [0.4, 0.5) is 0 Å². The Bertz CT molecular complexity index is 890. The molecule has 0 unspecified atom stereocenters. The predicted molar refractivity (Wildman–Crippen MR) is 95.2 cm³/mol. The van der Waals surface area contributed by atoms with Crippen LogP contribution in [0.25, 0.3) is 10.8 Å². The average Bonchev–Trinajstić information content (AvgIpc) is 2.65. The third-order valence-corrected chi connectivity index (χ3v) is 5.79. The summed E-state index contributed by atoms with van der Waals surface area (Å²) in [4.78, 5) is 12.6. The summed E-state index contributed by atoms with van der Waals surface area (Å²) in [6, 6.07) is 11.7. The van der Waals surface area contributed by atoms with Gasteiger partial charge in [0.25, 0.3) is 5.79 Å². The molecular weight excluding hydrogens is 332 g/mol. The number of allylic oxidation sites excluding steroid dienone is 1. The summed E-state index contributed by atoms with van der Waals surface area (Å²) in [7, 11) is 1.52. The molecule has 5 heteroatoms. The molecule has 134 valence electrons. The zero-order valence-corrected chi connectivity index (χ0v) is 14.5. The molecule has 0 bridgehead atoms. The first-order valence-electron chi connectivity index (χ1n) is 8.97. The summed E-state index contributed by atoms with van der Waals surface area (Å²) < 4.78 is 18.1. The van der Waals surface area contributed by atoms with Gasteiger partial charge in [-0.2, -0.15) is 0 Å². The second kappa shape index (κ2) is 5.56. The number of rotatable bonds is 1. The lowest BCUT2D eigenvalue weighted by atomic mass is 9.70. The first-order valence-corrected chi connectivity index (χ1v) is 8.97. The van der Waals surface area contributed by atoms with Gasteiger partial charge in [0.1, 0.15) is 11.5 Å². The monoisotopic (exact) mass is 352 g/mol. The van der Waals surface area contributed by atoms with Crippen LogP contribution in [0.5, 0.6) is 11.5 Å². The van der Waals surface area contributed by atoms with Gasteiger partial charge in [0, 0.05) is 25.5 Å². The normalized spacial score (nSPS) is 28.9. The lowest BCUT2D eigenvalue weighted by molar-refractivity contribution is -0.204. The van der Waals surface area contributed by atoms with Crippen LogP contribution >= 0.6 is 0 Å². The molecule has 2 aromatic rings. The number of carbonyl (C=O) groups is 1. The van der Waals surface area contributed by atoms with Crippen molar-refractivity contribution in [1.29, 1.82) is 0 Å². The topological polar surface area (TPSA) is 65.0 Å². The van der Waals surface area contributed by atoms with Crippen molar-refractivity contribution in [2.24, 2.45) is 5.92 Å². The number of hydrogen-bond donors (Lipinski definition) is 1. The first-order chi connectivity index (χ1) is 12.6. The van der Waals surface area contributed by atoms with Gasteiger partial charge in [-0.25, -0.2) is 0 Å². The Balaban J connectivity index is 1.65. The van der Waals surface area contributed by atoms with Crippen LogP contribution in [0.1, 0.15) is 19.3 Å². The smallest absolute Gasteiger partial charge is 0.261 e. The largest absolute Gasteiger partial charge is 0.451 e. The van der Waals surface area contributed by atoms with Gasteiger partial charge < -0.3 is 19.3 Å². The highest BCUT2D eigenvalue weighted by Crippen LogP contribution is 2.51. The van der Waals surface area contributed by atoms with Crippen molar-refractivity contribution in [3.8, 4) is 11.5 Å². The average molecular weight is 352 g/mol. The Labute approximate surface area is 151 Å². The van der Waals surface area contributed by atoms with E-state index in [0.29, 0.717) is 18.4 Å². The minimum absolute atomic E-state index is 0.00417. The molecule has 1 spiro atoms. The molecule has 5 nitrogen and oxygen atoms in total. The van der Waals surface area contributed by atoms with Crippen molar-refractivity contribution in [2.75, 3.05) is 7.11 Å².